The van der Waals surface area contributed by atoms with Crippen LogP contribution in [-0.4, -0.2) is 34.0 Å². The highest BCUT2D eigenvalue weighted by Crippen LogP contribution is 2.26. The Labute approximate surface area is 233 Å². The fraction of sp³-hybridized carbons (Fsp3) is 0.500. The second kappa shape index (κ2) is 16.7. The maximum Gasteiger partial charge on any atom is 0.350 e. The molecule has 0 aliphatic heterocycles. The highest BCUT2D eigenvalue weighted by molar-refractivity contribution is 5.79. The Hall–Kier alpha value is -3.12. The summed E-state index contributed by atoms with van der Waals surface area (Å²) in [5, 5.41) is 7.56. The van der Waals surface area contributed by atoms with Gasteiger partial charge in [0.25, 0.3) is 0 Å². The Morgan fingerprint density at radius 1 is 1.13 bits per heavy atom. The molecule has 6 heteroatoms. The van der Waals surface area contributed by atoms with Gasteiger partial charge < -0.3 is 14.8 Å². The lowest BCUT2D eigenvalue weighted by atomic mass is 10.1. The maximum atomic E-state index is 12.2. The summed E-state index contributed by atoms with van der Waals surface area (Å²) in [5.41, 5.74) is 4.05. The molecule has 214 valence electrons. The summed E-state index contributed by atoms with van der Waals surface area (Å²) in [6.07, 6.45) is 10.9. The normalized spacial score (nSPS) is 11.7. The molecule has 0 amide bonds. The first kappa shape index (κ1) is 34.9. The zero-order chi connectivity index (χ0) is 29.5. The number of esters is 1. The van der Waals surface area contributed by atoms with Gasteiger partial charge in [-0.15, -0.1) is 0 Å². The maximum absolute atomic E-state index is 12.2. The lowest BCUT2D eigenvalue weighted by Crippen LogP contribution is -2.43. The fourth-order valence-corrected chi connectivity index (χ4v) is 3.16. The van der Waals surface area contributed by atoms with Crippen molar-refractivity contribution in [3.05, 3.63) is 77.7 Å². The Kier molecular flexibility index (Phi) is 15.3. The molecule has 1 N–H and O–H groups in total. The van der Waals surface area contributed by atoms with E-state index < -0.39 is 11.2 Å². The van der Waals surface area contributed by atoms with Crippen molar-refractivity contribution in [1.29, 1.82) is 0 Å². The monoisotopic (exact) mass is 527 g/mol. The fourth-order valence-electron chi connectivity index (χ4n) is 3.16. The minimum atomic E-state index is -1.03. The van der Waals surface area contributed by atoms with Gasteiger partial charge in [-0.25, -0.2) is 9.48 Å². The number of hydrogen-bond donors (Lipinski definition) is 1. The van der Waals surface area contributed by atoms with Crippen LogP contribution in [0.15, 0.2) is 55.3 Å². The molecular weight excluding hydrogens is 474 g/mol. The highest BCUT2D eigenvalue weighted by atomic mass is 16.6. The molecule has 38 heavy (non-hydrogen) atoms. The van der Waals surface area contributed by atoms with Gasteiger partial charge in [-0.1, -0.05) is 50.8 Å². The summed E-state index contributed by atoms with van der Waals surface area (Å²) in [6.45, 7) is 25.6. The van der Waals surface area contributed by atoms with Gasteiger partial charge in [0.1, 0.15) is 11.4 Å². The number of nitrogens with zero attached hydrogens (tertiary/aromatic N) is 2. The Balaban J connectivity index is 0. The first-order valence-corrected chi connectivity index (χ1v) is 13.4. The summed E-state index contributed by atoms with van der Waals surface area (Å²) in [7, 11) is 1.91. The van der Waals surface area contributed by atoms with Crippen molar-refractivity contribution >= 4 is 11.7 Å². The van der Waals surface area contributed by atoms with Crippen molar-refractivity contribution in [2.45, 2.75) is 100 Å². The van der Waals surface area contributed by atoms with E-state index >= 15 is 0 Å². The number of nitrogens with one attached hydrogen (secondary N) is 1. The van der Waals surface area contributed by atoms with Crippen molar-refractivity contribution in [3.8, 4) is 5.75 Å². The van der Waals surface area contributed by atoms with Gasteiger partial charge >= 0.3 is 5.97 Å². The van der Waals surface area contributed by atoms with Crippen LogP contribution in [0.25, 0.3) is 5.70 Å². The van der Waals surface area contributed by atoms with Crippen molar-refractivity contribution in [2.24, 2.45) is 0 Å². The molecule has 0 atom stereocenters. The second-order valence-electron chi connectivity index (χ2n) is 10.3. The molecule has 0 aliphatic rings. The number of rotatable bonds is 9. The minimum Gasteiger partial charge on any atom is -0.476 e. The molecule has 1 aromatic heterocycles. The number of aromatic nitrogens is 2. The first-order chi connectivity index (χ1) is 17.7. The van der Waals surface area contributed by atoms with Crippen LogP contribution in [0.3, 0.4) is 0 Å². The summed E-state index contributed by atoms with van der Waals surface area (Å²) >= 11 is 0. The molecule has 0 saturated carbocycles. The van der Waals surface area contributed by atoms with Crippen LogP contribution in [0.1, 0.15) is 85.6 Å². The Morgan fingerprint density at radius 2 is 1.76 bits per heavy atom. The van der Waals surface area contributed by atoms with Gasteiger partial charge in [-0.2, -0.15) is 5.10 Å². The summed E-state index contributed by atoms with van der Waals surface area (Å²) in [4.78, 5) is 12.2. The van der Waals surface area contributed by atoms with Crippen LogP contribution in [0.4, 0.5) is 0 Å². The van der Waals surface area contributed by atoms with Gasteiger partial charge in [-0.05, 0) is 98.2 Å². The molecule has 2 rings (SSSR count). The molecule has 0 spiro atoms. The average Bonchev–Trinajstić information content (AvgIpc) is 3.17. The van der Waals surface area contributed by atoms with E-state index in [1.807, 2.05) is 97.6 Å². The predicted octanol–water partition coefficient (Wildman–Crippen LogP) is 7.98. The lowest BCUT2D eigenvalue weighted by molar-refractivity contribution is -0.170. The molecule has 0 aliphatic carbocycles. The summed E-state index contributed by atoms with van der Waals surface area (Å²) in [6, 6.07) is 5.94. The van der Waals surface area contributed by atoms with Crippen molar-refractivity contribution in [3.63, 3.8) is 0 Å². The number of carbonyl (C=O) groups is 1. The van der Waals surface area contributed by atoms with Crippen molar-refractivity contribution in [1.82, 2.24) is 15.1 Å². The van der Waals surface area contributed by atoms with Crippen LogP contribution in [0.2, 0.25) is 0 Å². The minimum absolute atomic E-state index is 0. The smallest absolute Gasteiger partial charge is 0.350 e. The van der Waals surface area contributed by atoms with Crippen LogP contribution >= 0.6 is 0 Å². The number of allylic oxidation sites excluding steroid dienone is 5. The van der Waals surface area contributed by atoms with E-state index in [0.29, 0.717) is 5.75 Å². The average molecular weight is 528 g/mol. The third-order valence-electron chi connectivity index (χ3n) is 5.19. The van der Waals surface area contributed by atoms with Crippen molar-refractivity contribution in [2.75, 3.05) is 7.05 Å². The highest BCUT2D eigenvalue weighted by Gasteiger charge is 2.35. The molecule has 6 nitrogen and oxygen atoms in total. The number of aryl methyl sites for hydroxylation is 3. The SMILES string of the molecule is C=C/C=C(\CC=CC)n1cc(C)c(C)n1.CC.CNCc1ccc(OC(C)(C)C(=O)OC(C)(C)C)c(C)c1.[HH]. The molecule has 0 bridgehead atoms. The number of ether oxygens (including phenoxy) is 2. The van der Waals surface area contributed by atoms with E-state index in [-0.39, 0.29) is 7.40 Å². The Bertz CT molecular complexity index is 1060. The standard InChI is InChI=1S/C17H27NO3.C13H18N2.C2H6.H2/c1-12-10-13(11-18-7)8-9-14(12)20-17(5,6)15(19)21-16(2,3)4;1-5-7-9-13(8-6-2)15-10-11(3)12(4)14-15;1-2;/h8-10,18H,11H2,1-7H3;5-8,10H,2,9H2,1,3-4H3;1-2H3;1H/b;7-5?,13-8+;;. The van der Waals surface area contributed by atoms with Gasteiger partial charge in [0.05, 0.1) is 5.69 Å². The van der Waals surface area contributed by atoms with E-state index in [1.165, 1.54) is 11.1 Å². The quantitative estimate of drug-likeness (QED) is 0.203. The van der Waals surface area contributed by atoms with Crippen LogP contribution in [0.5, 0.6) is 5.75 Å². The number of benzene rings is 1. The second-order valence-corrected chi connectivity index (χ2v) is 10.3. The topological polar surface area (TPSA) is 65.4 Å². The summed E-state index contributed by atoms with van der Waals surface area (Å²) in [5.74, 6) is 0.333. The molecule has 0 unspecified atom stereocenters. The molecule has 2 aromatic rings. The molecule has 1 aromatic carbocycles. The number of carbonyl (C=O) groups excluding carboxylic acids is 1. The van der Waals surface area contributed by atoms with Crippen LogP contribution in [-0.2, 0) is 16.1 Å². The van der Waals surface area contributed by atoms with Gasteiger partial charge in [0, 0.05) is 26.3 Å². The summed E-state index contributed by atoms with van der Waals surface area (Å²) < 4.78 is 13.2. The molecule has 0 radical (unpaired) electrons. The molecule has 0 saturated heterocycles. The molecule has 0 fully saturated rings. The zero-order valence-electron chi connectivity index (χ0n) is 25.9. The first-order valence-electron chi connectivity index (χ1n) is 13.4. The lowest BCUT2D eigenvalue weighted by Gasteiger charge is -2.29. The van der Waals surface area contributed by atoms with E-state index in [0.717, 1.165) is 29.9 Å². The van der Waals surface area contributed by atoms with E-state index in [4.69, 9.17) is 9.47 Å². The van der Waals surface area contributed by atoms with Gasteiger partial charge in [0.15, 0.2) is 5.60 Å². The Morgan fingerprint density at radius 3 is 2.21 bits per heavy atom. The van der Waals surface area contributed by atoms with Gasteiger partial charge in [0.2, 0.25) is 0 Å². The number of hydrogen-bond acceptors (Lipinski definition) is 5. The third-order valence-corrected chi connectivity index (χ3v) is 5.19. The predicted molar refractivity (Wildman–Crippen MR) is 164 cm³/mol. The molecular formula is C32H53N3O3. The molecule has 1 heterocycles. The van der Waals surface area contributed by atoms with E-state index in [9.17, 15) is 4.79 Å². The van der Waals surface area contributed by atoms with E-state index in [2.05, 4.69) is 36.1 Å². The largest absolute Gasteiger partial charge is 0.476 e. The van der Waals surface area contributed by atoms with Crippen LogP contribution in [0, 0.1) is 20.8 Å². The van der Waals surface area contributed by atoms with Gasteiger partial charge in [-0.3, -0.25) is 0 Å². The third kappa shape index (κ3) is 12.4. The van der Waals surface area contributed by atoms with E-state index in [1.54, 1.807) is 19.9 Å². The van der Waals surface area contributed by atoms with Crippen LogP contribution < -0.4 is 10.1 Å². The zero-order valence-corrected chi connectivity index (χ0v) is 25.9. The van der Waals surface area contributed by atoms with Crippen molar-refractivity contribution < 1.29 is 15.7 Å².